The number of aromatic nitrogens is 2. The largest absolute Gasteiger partial charge is 0.389 e. The van der Waals surface area contributed by atoms with E-state index in [1.807, 2.05) is 35.2 Å². The Hall–Kier alpha value is -2.32. The topological polar surface area (TPSA) is 78.5 Å². The van der Waals surface area contributed by atoms with Gasteiger partial charge in [0.1, 0.15) is 10.7 Å². The molecule has 0 bridgehead atoms. The number of benzene rings is 1. The van der Waals surface area contributed by atoms with Crippen LogP contribution in [0.25, 0.3) is 10.2 Å². The van der Waals surface area contributed by atoms with Gasteiger partial charge in [0.05, 0.1) is 31.2 Å². The van der Waals surface area contributed by atoms with Gasteiger partial charge < -0.3 is 14.8 Å². The first-order valence-electron chi connectivity index (χ1n) is 10.8. The molecule has 3 aromatic rings. The second kappa shape index (κ2) is 10.3. The van der Waals surface area contributed by atoms with Crippen molar-refractivity contribution in [2.45, 2.75) is 44.9 Å². The SMILES string of the molecule is C=CCN(Cc1nc2sc3c(c2c(=O)[nH]1)CCCC3)CC(O)COCc1ccccc1. The summed E-state index contributed by atoms with van der Waals surface area (Å²) < 4.78 is 5.66. The smallest absolute Gasteiger partial charge is 0.259 e. The lowest BCUT2D eigenvalue weighted by atomic mass is 9.97. The summed E-state index contributed by atoms with van der Waals surface area (Å²) in [5, 5.41) is 11.2. The minimum absolute atomic E-state index is 0.0512. The fraction of sp³-hybridized carbons (Fsp3) is 0.417. The first-order chi connectivity index (χ1) is 15.1. The molecule has 0 saturated carbocycles. The zero-order chi connectivity index (χ0) is 21.6. The first-order valence-corrected chi connectivity index (χ1v) is 11.6. The molecule has 1 aliphatic rings. The van der Waals surface area contributed by atoms with Crippen molar-refractivity contribution >= 4 is 21.6 Å². The standard InChI is InChI=1S/C24H29N3O3S/c1-2-12-27(13-18(28)16-30-15-17-8-4-3-5-9-17)14-21-25-23(29)22-19-10-6-7-11-20(19)31-24(22)26-21/h2-5,8-9,18,28H,1,6-7,10-16H2,(H,25,26,29). The Morgan fingerprint density at radius 1 is 1.29 bits per heavy atom. The highest BCUT2D eigenvalue weighted by atomic mass is 32.1. The van der Waals surface area contributed by atoms with Gasteiger partial charge in [0.25, 0.3) is 5.56 Å². The molecule has 1 aromatic carbocycles. The third-order valence-electron chi connectivity index (χ3n) is 5.53. The van der Waals surface area contributed by atoms with Crippen LogP contribution >= 0.6 is 11.3 Å². The number of aliphatic hydroxyl groups is 1. The van der Waals surface area contributed by atoms with E-state index in [0.29, 0.717) is 32.1 Å². The van der Waals surface area contributed by atoms with Crippen LogP contribution in [0.3, 0.4) is 0 Å². The van der Waals surface area contributed by atoms with Crippen LogP contribution in [-0.4, -0.2) is 45.8 Å². The zero-order valence-corrected chi connectivity index (χ0v) is 18.5. The van der Waals surface area contributed by atoms with E-state index in [1.165, 1.54) is 16.9 Å². The molecule has 1 unspecified atom stereocenters. The van der Waals surface area contributed by atoms with Crippen LogP contribution in [0.4, 0.5) is 0 Å². The highest BCUT2D eigenvalue weighted by molar-refractivity contribution is 7.18. The van der Waals surface area contributed by atoms with E-state index in [1.54, 1.807) is 17.4 Å². The average Bonchev–Trinajstić information content (AvgIpc) is 3.13. The third-order valence-corrected chi connectivity index (χ3v) is 6.71. The van der Waals surface area contributed by atoms with Crippen LogP contribution in [0.5, 0.6) is 0 Å². The molecule has 0 radical (unpaired) electrons. The Morgan fingerprint density at radius 2 is 2.10 bits per heavy atom. The molecule has 2 N–H and O–H groups in total. The van der Waals surface area contributed by atoms with Gasteiger partial charge in [-0.1, -0.05) is 36.4 Å². The highest BCUT2D eigenvalue weighted by Crippen LogP contribution is 2.33. The Morgan fingerprint density at radius 3 is 2.90 bits per heavy atom. The summed E-state index contributed by atoms with van der Waals surface area (Å²) in [5.74, 6) is 0.621. The maximum Gasteiger partial charge on any atom is 0.259 e. The van der Waals surface area contributed by atoms with Crippen molar-refractivity contribution in [3.05, 3.63) is 75.2 Å². The predicted molar refractivity (Wildman–Crippen MR) is 124 cm³/mol. The molecule has 0 spiro atoms. The number of aryl methyl sites for hydroxylation is 2. The monoisotopic (exact) mass is 439 g/mol. The lowest BCUT2D eigenvalue weighted by molar-refractivity contribution is 0.0101. The summed E-state index contributed by atoms with van der Waals surface area (Å²) >= 11 is 1.65. The molecule has 31 heavy (non-hydrogen) atoms. The Balaban J connectivity index is 1.39. The highest BCUT2D eigenvalue weighted by Gasteiger charge is 2.20. The molecule has 2 aromatic heterocycles. The van der Waals surface area contributed by atoms with Gasteiger partial charge in [0.2, 0.25) is 0 Å². The lowest BCUT2D eigenvalue weighted by Crippen LogP contribution is -2.35. The van der Waals surface area contributed by atoms with E-state index in [9.17, 15) is 9.90 Å². The van der Waals surface area contributed by atoms with Gasteiger partial charge in [-0.2, -0.15) is 0 Å². The summed E-state index contributed by atoms with van der Waals surface area (Å²) in [6, 6.07) is 9.89. The number of nitrogens with zero attached hydrogens (tertiary/aromatic N) is 2. The van der Waals surface area contributed by atoms with Gasteiger partial charge in [-0.25, -0.2) is 4.98 Å². The maximum absolute atomic E-state index is 12.8. The summed E-state index contributed by atoms with van der Waals surface area (Å²) in [7, 11) is 0. The van der Waals surface area contributed by atoms with E-state index in [0.717, 1.165) is 35.0 Å². The molecule has 7 heteroatoms. The van der Waals surface area contributed by atoms with Crippen molar-refractivity contribution in [1.82, 2.24) is 14.9 Å². The van der Waals surface area contributed by atoms with Crippen molar-refractivity contribution < 1.29 is 9.84 Å². The van der Waals surface area contributed by atoms with Crippen LogP contribution in [0.1, 0.15) is 34.7 Å². The molecule has 0 saturated heterocycles. The van der Waals surface area contributed by atoms with Crippen LogP contribution in [-0.2, 0) is 30.7 Å². The van der Waals surface area contributed by atoms with Crippen LogP contribution < -0.4 is 5.56 Å². The number of nitrogens with one attached hydrogen (secondary N) is 1. The van der Waals surface area contributed by atoms with Crippen molar-refractivity contribution in [2.75, 3.05) is 19.7 Å². The van der Waals surface area contributed by atoms with Gasteiger partial charge in [0.15, 0.2) is 0 Å². The molecule has 6 nitrogen and oxygen atoms in total. The number of H-pyrrole nitrogens is 1. The number of fused-ring (bicyclic) bond motifs is 3. The molecular formula is C24H29N3O3S. The summed E-state index contributed by atoms with van der Waals surface area (Å²) in [6.45, 7) is 5.95. The van der Waals surface area contributed by atoms with Gasteiger partial charge >= 0.3 is 0 Å². The van der Waals surface area contributed by atoms with Gasteiger partial charge in [0, 0.05) is 18.0 Å². The number of aliphatic hydroxyl groups excluding tert-OH is 1. The van der Waals surface area contributed by atoms with Gasteiger partial charge in [-0.3, -0.25) is 9.69 Å². The van der Waals surface area contributed by atoms with Crippen molar-refractivity contribution in [3.8, 4) is 0 Å². The quantitative estimate of drug-likeness (QED) is 0.473. The number of rotatable bonds is 10. The van der Waals surface area contributed by atoms with Crippen LogP contribution in [0, 0.1) is 0 Å². The van der Waals surface area contributed by atoms with Crippen LogP contribution in [0.15, 0.2) is 47.8 Å². The maximum atomic E-state index is 12.8. The van der Waals surface area contributed by atoms with E-state index in [4.69, 9.17) is 9.72 Å². The minimum Gasteiger partial charge on any atom is -0.389 e. The molecule has 4 rings (SSSR count). The lowest BCUT2D eigenvalue weighted by Gasteiger charge is -2.23. The molecule has 0 amide bonds. The molecule has 1 atom stereocenters. The zero-order valence-electron chi connectivity index (χ0n) is 17.7. The second-order valence-electron chi connectivity index (χ2n) is 8.04. The van der Waals surface area contributed by atoms with Crippen molar-refractivity contribution in [2.24, 2.45) is 0 Å². The van der Waals surface area contributed by atoms with Gasteiger partial charge in [-0.05, 0) is 36.8 Å². The fourth-order valence-electron chi connectivity index (χ4n) is 4.12. The van der Waals surface area contributed by atoms with E-state index < -0.39 is 6.10 Å². The number of aromatic amines is 1. The summed E-state index contributed by atoms with van der Waals surface area (Å²) in [6.07, 6.45) is 5.48. The Bertz CT molecular complexity index is 1080. The minimum atomic E-state index is -0.645. The normalized spacial score (nSPS) is 14.6. The number of hydrogen-bond acceptors (Lipinski definition) is 6. The number of ether oxygens (including phenoxy) is 1. The second-order valence-corrected chi connectivity index (χ2v) is 9.12. The van der Waals surface area contributed by atoms with Crippen molar-refractivity contribution in [1.29, 1.82) is 0 Å². The number of thiophene rings is 1. The molecule has 1 aliphatic carbocycles. The average molecular weight is 440 g/mol. The predicted octanol–water partition coefficient (Wildman–Crippen LogP) is 3.43. The number of hydrogen-bond donors (Lipinski definition) is 2. The van der Waals surface area contributed by atoms with Crippen molar-refractivity contribution in [3.63, 3.8) is 0 Å². The fourth-order valence-corrected chi connectivity index (χ4v) is 5.40. The molecular weight excluding hydrogens is 410 g/mol. The summed E-state index contributed by atoms with van der Waals surface area (Å²) in [4.78, 5) is 24.6. The van der Waals surface area contributed by atoms with E-state index >= 15 is 0 Å². The Labute approximate surface area is 186 Å². The Kier molecular flexibility index (Phi) is 7.29. The molecule has 0 fully saturated rings. The third kappa shape index (κ3) is 5.49. The van der Waals surface area contributed by atoms with Gasteiger partial charge in [-0.15, -0.1) is 17.9 Å². The van der Waals surface area contributed by atoms with E-state index in [2.05, 4.69) is 11.6 Å². The molecule has 2 heterocycles. The first kappa shape index (κ1) is 21.9. The molecule has 164 valence electrons. The molecule has 0 aliphatic heterocycles. The summed E-state index contributed by atoms with van der Waals surface area (Å²) in [5.41, 5.74) is 2.22. The van der Waals surface area contributed by atoms with E-state index in [-0.39, 0.29) is 12.2 Å². The van der Waals surface area contributed by atoms with Crippen LogP contribution in [0.2, 0.25) is 0 Å².